The van der Waals surface area contributed by atoms with Crippen molar-refractivity contribution >= 4 is 5.91 Å². The molecule has 1 aromatic rings. The molecular weight excluding hydrogens is 288 g/mol. The fourth-order valence-corrected chi connectivity index (χ4v) is 3.55. The van der Waals surface area contributed by atoms with E-state index >= 15 is 0 Å². The summed E-state index contributed by atoms with van der Waals surface area (Å²) in [6.07, 6.45) is 7.15. The molecule has 0 radical (unpaired) electrons. The normalized spacial score (nSPS) is 23.6. The lowest BCUT2D eigenvalue weighted by Gasteiger charge is -2.34. The van der Waals surface area contributed by atoms with Crippen LogP contribution in [0.2, 0.25) is 0 Å². The summed E-state index contributed by atoms with van der Waals surface area (Å²) in [6.45, 7) is 11.2. The largest absolute Gasteiger partial charge is 0.338 e. The van der Waals surface area contributed by atoms with E-state index in [1.807, 2.05) is 12.4 Å². The minimum absolute atomic E-state index is 0.329. The van der Waals surface area contributed by atoms with Gasteiger partial charge in [-0.25, -0.2) is 4.98 Å². The van der Waals surface area contributed by atoms with E-state index < -0.39 is 0 Å². The van der Waals surface area contributed by atoms with Gasteiger partial charge in [0.25, 0.3) is 0 Å². The van der Waals surface area contributed by atoms with Crippen molar-refractivity contribution in [2.75, 3.05) is 19.6 Å². The van der Waals surface area contributed by atoms with Crippen LogP contribution in [0.1, 0.15) is 45.9 Å². The summed E-state index contributed by atoms with van der Waals surface area (Å²) >= 11 is 0. The molecule has 0 unspecified atom stereocenters. The van der Waals surface area contributed by atoms with E-state index in [1.54, 1.807) is 0 Å². The Morgan fingerprint density at radius 3 is 2.78 bits per heavy atom. The first-order chi connectivity index (χ1) is 11.1. The molecule has 128 valence electrons. The predicted molar refractivity (Wildman–Crippen MR) is 90.9 cm³/mol. The van der Waals surface area contributed by atoms with Crippen molar-refractivity contribution in [3.63, 3.8) is 0 Å². The van der Waals surface area contributed by atoms with E-state index in [0.29, 0.717) is 24.3 Å². The van der Waals surface area contributed by atoms with Gasteiger partial charge in [0.05, 0.1) is 6.54 Å². The number of aryl methyl sites for hydroxylation is 1. The zero-order valence-electron chi connectivity index (χ0n) is 14.7. The molecule has 5 heteroatoms. The van der Waals surface area contributed by atoms with Gasteiger partial charge in [0.1, 0.15) is 5.82 Å². The second kappa shape index (κ2) is 7.04. The minimum atomic E-state index is 0.329. The topological polar surface area (TPSA) is 41.4 Å². The van der Waals surface area contributed by atoms with Crippen LogP contribution in [0.5, 0.6) is 0 Å². The summed E-state index contributed by atoms with van der Waals surface area (Å²) in [4.78, 5) is 21.8. The second-order valence-corrected chi connectivity index (χ2v) is 7.42. The zero-order chi connectivity index (χ0) is 16.4. The molecule has 2 heterocycles. The monoisotopic (exact) mass is 318 g/mol. The maximum Gasteiger partial charge on any atom is 0.224 e. The van der Waals surface area contributed by atoms with Crippen molar-refractivity contribution in [3.05, 3.63) is 18.2 Å². The molecule has 3 rings (SSSR count). The highest BCUT2D eigenvalue weighted by Gasteiger charge is 2.35. The van der Waals surface area contributed by atoms with Crippen LogP contribution in [0.25, 0.3) is 0 Å². The predicted octanol–water partition coefficient (Wildman–Crippen LogP) is 2.37. The van der Waals surface area contributed by atoms with Gasteiger partial charge in [0.15, 0.2) is 0 Å². The molecule has 0 bridgehead atoms. The van der Waals surface area contributed by atoms with Crippen molar-refractivity contribution in [1.82, 2.24) is 19.4 Å². The van der Waals surface area contributed by atoms with Gasteiger partial charge < -0.3 is 9.47 Å². The van der Waals surface area contributed by atoms with Crippen molar-refractivity contribution in [3.8, 4) is 0 Å². The number of carbonyl (C=O) groups is 1. The summed E-state index contributed by atoms with van der Waals surface area (Å²) in [5.41, 5.74) is 0. The Hall–Kier alpha value is -1.36. The summed E-state index contributed by atoms with van der Waals surface area (Å²) < 4.78 is 2.19. The molecule has 1 saturated heterocycles. The first-order valence-corrected chi connectivity index (χ1v) is 9.10. The zero-order valence-corrected chi connectivity index (χ0v) is 14.7. The van der Waals surface area contributed by atoms with Crippen LogP contribution in [0, 0.1) is 11.8 Å². The van der Waals surface area contributed by atoms with E-state index in [1.165, 1.54) is 12.8 Å². The Kier molecular flexibility index (Phi) is 5.05. The molecule has 1 aliphatic carbocycles. The standard InChI is InChI=1S/C18H30N4O/c1-4-21-10-8-19-17(21)13-20-9-7-18(23)22(11-15-5-6-15)16(12-20)14(2)3/h8,10,14-16H,4-7,9,11-13H2,1-3H3/t16-/m0/s1. The number of aromatic nitrogens is 2. The molecule has 0 N–H and O–H groups in total. The molecule has 1 amide bonds. The molecule has 2 aliphatic rings. The van der Waals surface area contributed by atoms with E-state index in [0.717, 1.165) is 44.5 Å². The molecular formula is C18H30N4O. The SMILES string of the molecule is CCn1ccnc1CN1CCC(=O)N(CC2CC2)[C@H](C(C)C)C1. The Morgan fingerprint density at radius 1 is 1.35 bits per heavy atom. The second-order valence-electron chi connectivity index (χ2n) is 7.42. The lowest BCUT2D eigenvalue weighted by Crippen LogP contribution is -2.47. The van der Waals surface area contributed by atoms with E-state index in [9.17, 15) is 4.79 Å². The highest BCUT2D eigenvalue weighted by atomic mass is 16.2. The third kappa shape index (κ3) is 3.94. The summed E-state index contributed by atoms with van der Waals surface area (Å²) in [7, 11) is 0. The molecule has 1 atom stereocenters. The number of hydrogen-bond acceptors (Lipinski definition) is 3. The molecule has 0 aromatic carbocycles. The molecule has 0 spiro atoms. The van der Waals surface area contributed by atoms with Crippen molar-refractivity contribution < 1.29 is 4.79 Å². The van der Waals surface area contributed by atoms with E-state index in [-0.39, 0.29) is 0 Å². The summed E-state index contributed by atoms with van der Waals surface area (Å²) in [5, 5.41) is 0. The average molecular weight is 318 g/mol. The number of imidazole rings is 1. The number of rotatable bonds is 6. The Bertz CT molecular complexity index is 535. The van der Waals surface area contributed by atoms with Gasteiger partial charge in [-0.15, -0.1) is 0 Å². The minimum Gasteiger partial charge on any atom is -0.338 e. The molecule has 5 nitrogen and oxygen atoms in total. The Balaban J connectivity index is 1.72. The van der Waals surface area contributed by atoms with Gasteiger partial charge in [-0.2, -0.15) is 0 Å². The van der Waals surface area contributed by atoms with Crippen LogP contribution in [-0.4, -0.2) is 50.9 Å². The third-order valence-corrected chi connectivity index (χ3v) is 5.24. The summed E-state index contributed by atoms with van der Waals surface area (Å²) in [6, 6.07) is 0.329. The number of hydrogen-bond donors (Lipinski definition) is 0. The third-order valence-electron chi connectivity index (χ3n) is 5.24. The van der Waals surface area contributed by atoms with Gasteiger partial charge in [-0.3, -0.25) is 9.69 Å². The summed E-state index contributed by atoms with van der Waals surface area (Å²) in [5.74, 6) is 2.70. The number of amides is 1. The fraction of sp³-hybridized carbons (Fsp3) is 0.778. The highest BCUT2D eigenvalue weighted by Crippen LogP contribution is 2.32. The molecule has 1 aliphatic heterocycles. The van der Waals surface area contributed by atoms with Crippen LogP contribution >= 0.6 is 0 Å². The first kappa shape index (κ1) is 16.5. The van der Waals surface area contributed by atoms with Crippen LogP contribution in [0.15, 0.2) is 12.4 Å². The van der Waals surface area contributed by atoms with Crippen LogP contribution in [0.4, 0.5) is 0 Å². The van der Waals surface area contributed by atoms with Gasteiger partial charge in [0, 0.05) is 51.0 Å². The van der Waals surface area contributed by atoms with Gasteiger partial charge in [0.2, 0.25) is 5.91 Å². The van der Waals surface area contributed by atoms with Gasteiger partial charge in [-0.1, -0.05) is 13.8 Å². The Labute approximate surface area is 139 Å². The number of nitrogens with zero attached hydrogens (tertiary/aromatic N) is 4. The maximum atomic E-state index is 12.6. The van der Waals surface area contributed by atoms with Crippen molar-refractivity contribution in [2.24, 2.45) is 11.8 Å². The lowest BCUT2D eigenvalue weighted by molar-refractivity contribution is -0.133. The molecule has 23 heavy (non-hydrogen) atoms. The molecule has 1 saturated carbocycles. The molecule has 2 fully saturated rings. The lowest BCUT2D eigenvalue weighted by atomic mass is 10.0. The van der Waals surface area contributed by atoms with Crippen molar-refractivity contribution in [2.45, 2.75) is 59.2 Å². The average Bonchev–Trinajstić information content (AvgIpc) is 3.26. The van der Waals surface area contributed by atoms with Gasteiger partial charge in [-0.05, 0) is 31.6 Å². The van der Waals surface area contributed by atoms with Gasteiger partial charge >= 0.3 is 0 Å². The highest BCUT2D eigenvalue weighted by molar-refractivity contribution is 5.77. The molecule has 1 aromatic heterocycles. The first-order valence-electron chi connectivity index (χ1n) is 9.10. The smallest absolute Gasteiger partial charge is 0.224 e. The van der Waals surface area contributed by atoms with Crippen LogP contribution in [-0.2, 0) is 17.9 Å². The quantitative estimate of drug-likeness (QED) is 0.808. The van der Waals surface area contributed by atoms with Crippen LogP contribution < -0.4 is 0 Å². The van der Waals surface area contributed by atoms with Crippen molar-refractivity contribution in [1.29, 1.82) is 0 Å². The fourth-order valence-electron chi connectivity index (χ4n) is 3.55. The van der Waals surface area contributed by atoms with Crippen LogP contribution in [0.3, 0.4) is 0 Å². The number of carbonyl (C=O) groups excluding carboxylic acids is 1. The van der Waals surface area contributed by atoms with E-state index in [4.69, 9.17) is 0 Å². The van der Waals surface area contributed by atoms with E-state index in [2.05, 4.69) is 40.1 Å². The Morgan fingerprint density at radius 2 is 2.13 bits per heavy atom. The maximum absolute atomic E-state index is 12.6.